The largest absolute Gasteiger partial charge is 0.328 e. The van der Waals surface area contributed by atoms with E-state index in [4.69, 9.17) is 5.73 Å². The Morgan fingerprint density at radius 1 is 1.42 bits per heavy atom. The van der Waals surface area contributed by atoms with E-state index in [1.54, 1.807) is 0 Å². The molecule has 0 aromatic carbocycles. The summed E-state index contributed by atoms with van der Waals surface area (Å²) in [6, 6.07) is 1.18. The zero-order valence-corrected chi connectivity index (χ0v) is 8.59. The monoisotopic (exact) mass is 170 g/mol. The second-order valence-electron chi connectivity index (χ2n) is 4.36. The van der Waals surface area contributed by atoms with Crippen molar-refractivity contribution in [1.82, 2.24) is 4.90 Å². The van der Waals surface area contributed by atoms with Gasteiger partial charge in [-0.25, -0.2) is 0 Å². The van der Waals surface area contributed by atoms with E-state index in [0.717, 1.165) is 12.6 Å². The first-order valence-corrected chi connectivity index (χ1v) is 5.07. The normalized spacial score (nSPS) is 23.8. The molecule has 72 valence electrons. The van der Waals surface area contributed by atoms with Gasteiger partial charge >= 0.3 is 0 Å². The first-order chi connectivity index (χ1) is 5.61. The van der Waals surface area contributed by atoms with E-state index in [1.165, 1.54) is 19.3 Å². The molecule has 0 aromatic heterocycles. The number of nitrogens with two attached hydrogens (primary N) is 1. The molecular weight excluding hydrogens is 148 g/mol. The van der Waals surface area contributed by atoms with E-state index in [-0.39, 0.29) is 0 Å². The fraction of sp³-hybridized carbons (Fsp3) is 1.00. The number of hydrogen-bond donors (Lipinski definition) is 1. The van der Waals surface area contributed by atoms with Crippen LogP contribution in [0.4, 0.5) is 0 Å². The molecule has 2 heteroatoms. The highest BCUT2D eigenvalue weighted by Gasteiger charge is 2.23. The molecule has 2 unspecified atom stereocenters. The van der Waals surface area contributed by atoms with Gasteiger partial charge in [-0.1, -0.05) is 13.3 Å². The van der Waals surface area contributed by atoms with Crippen molar-refractivity contribution in [3.63, 3.8) is 0 Å². The van der Waals surface area contributed by atoms with Gasteiger partial charge in [0.15, 0.2) is 0 Å². The van der Waals surface area contributed by atoms with Crippen LogP contribution in [0.15, 0.2) is 0 Å². The Bertz CT molecular complexity index is 130. The van der Waals surface area contributed by atoms with Crippen molar-refractivity contribution >= 4 is 0 Å². The minimum Gasteiger partial charge on any atom is -0.328 e. The smallest absolute Gasteiger partial charge is 0.00923 e. The maximum atomic E-state index is 5.82. The van der Waals surface area contributed by atoms with E-state index < -0.39 is 0 Å². The van der Waals surface area contributed by atoms with E-state index in [0.29, 0.717) is 12.0 Å². The predicted octanol–water partition coefficient (Wildman–Crippen LogP) is 1.45. The van der Waals surface area contributed by atoms with Crippen LogP contribution in [0.3, 0.4) is 0 Å². The number of rotatable bonds is 4. The van der Waals surface area contributed by atoms with E-state index in [9.17, 15) is 0 Å². The second kappa shape index (κ2) is 4.24. The lowest BCUT2D eigenvalue weighted by Crippen LogP contribution is -2.42. The molecule has 1 saturated carbocycles. The Hall–Kier alpha value is -0.0800. The summed E-state index contributed by atoms with van der Waals surface area (Å²) in [5, 5.41) is 0. The van der Waals surface area contributed by atoms with Crippen LogP contribution < -0.4 is 5.73 Å². The summed E-state index contributed by atoms with van der Waals surface area (Å²) in [6.45, 7) is 5.49. The number of hydrogen-bond acceptors (Lipinski definition) is 2. The van der Waals surface area contributed by atoms with Gasteiger partial charge in [-0.15, -0.1) is 0 Å². The highest BCUT2D eigenvalue weighted by Crippen LogP contribution is 2.24. The minimum absolute atomic E-state index is 0.326. The average Bonchev–Trinajstić information content (AvgIpc) is 1.82. The van der Waals surface area contributed by atoms with Gasteiger partial charge in [0.2, 0.25) is 0 Å². The third kappa shape index (κ3) is 2.46. The Morgan fingerprint density at radius 3 is 2.33 bits per heavy atom. The van der Waals surface area contributed by atoms with Gasteiger partial charge in [0.1, 0.15) is 0 Å². The zero-order chi connectivity index (χ0) is 9.14. The summed E-state index contributed by atoms with van der Waals surface area (Å²) in [4.78, 5) is 2.47. The SMILES string of the molecule is CC(N)C(C)CN(C)C1CCC1. The lowest BCUT2D eigenvalue weighted by atomic mass is 9.91. The van der Waals surface area contributed by atoms with Crippen molar-refractivity contribution < 1.29 is 0 Å². The Balaban J connectivity index is 2.20. The molecule has 0 amide bonds. The third-order valence-corrected chi connectivity index (χ3v) is 3.17. The van der Waals surface area contributed by atoms with Crippen molar-refractivity contribution in [2.75, 3.05) is 13.6 Å². The third-order valence-electron chi connectivity index (χ3n) is 3.17. The minimum atomic E-state index is 0.326. The Labute approximate surface area is 76.1 Å². The molecule has 0 spiro atoms. The molecule has 1 fully saturated rings. The summed E-state index contributed by atoms with van der Waals surface area (Å²) in [6.07, 6.45) is 4.20. The maximum absolute atomic E-state index is 5.82. The maximum Gasteiger partial charge on any atom is 0.00923 e. The highest BCUT2D eigenvalue weighted by molar-refractivity contribution is 4.79. The molecule has 0 bridgehead atoms. The topological polar surface area (TPSA) is 29.3 Å². The summed E-state index contributed by atoms with van der Waals surface area (Å²) in [5.41, 5.74) is 5.82. The van der Waals surface area contributed by atoms with Gasteiger partial charge in [-0.2, -0.15) is 0 Å². The molecule has 2 atom stereocenters. The predicted molar refractivity (Wildman–Crippen MR) is 53.1 cm³/mol. The zero-order valence-electron chi connectivity index (χ0n) is 8.59. The average molecular weight is 170 g/mol. The molecule has 2 N–H and O–H groups in total. The van der Waals surface area contributed by atoms with Crippen LogP contribution in [-0.4, -0.2) is 30.6 Å². The van der Waals surface area contributed by atoms with Crippen molar-refractivity contribution in [3.05, 3.63) is 0 Å². The van der Waals surface area contributed by atoms with E-state index >= 15 is 0 Å². The second-order valence-corrected chi connectivity index (χ2v) is 4.36. The molecule has 12 heavy (non-hydrogen) atoms. The van der Waals surface area contributed by atoms with Gasteiger partial charge in [-0.3, -0.25) is 0 Å². The molecule has 1 aliphatic carbocycles. The Morgan fingerprint density at radius 2 is 2.00 bits per heavy atom. The van der Waals surface area contributed by atoms with Gasteiger partial charge in [0, 0.05) is 18.6 Å². The molecule has 0 aromatic rings. The van der Waals surface area contributed by atoms with E-state index in [1.807, 2.05) is 0 Å². The Kier molecular flexibility index (Phi) is 3.53. The van der Waals surface area contributed by atoms with Crippen molar-refractivity contribution in [2.24, 2.45) is 11.7 Å². The van der Waals surface area contributed by atoms with Gasteiger partial charge in [0.05, 0.1) is 0 Å². The lowest BCUT2D eigenvalue weighted by Gasteiger charge is -2.36. The van der Waals surface area contributed by atoms with Crippen LogP contribution >= 0.6 is 0 Å². The molecule has 1 rings (SSSR count). The highest BCUT2D eigenvalue weighted by atomic mass is 15.1. The first-order valence-electron chi connectivity index (χ1n) is 5.07. The van der Waals surface area contributed by atoms with Crippen molar-refractivity contribution in [1.29, 1.82) is 0 Å². The van der Waals surface area contributed by atoms with Crippen LogP contribution in [0, 0.1) is 5.92 Å². The fourth-order valence-corrected chi connectivity index (χ4v) is 1.60. The van der Waals surface area contributed by atoms with Crippen LogP contribution in [0.25, 0.3) is 0 Å². The molecule has 0 aliphatic heterocycles. The molecule has 0 radical (unpaired) electrons. The summed E-state index contributed by atoms with van der Waals surface area (Å²) >= 11 is 0. The van der Waals surface area contributed by atoms with Gasteiger partial charge in [-0.05, 0) is 32.7 Å². The molecular formula is C10H22N2. The summed E-state index contributed by atoms with van der Waals surface area (Å²) < 4.78 is 0. The van der Waals surface area contributed by atoms with Gasteiger partial charge < -0.3 is 10.6 Å². The van der Waals surface area contributed by atoms with Gasteiger partial charge in [0.25, 0.3) is 0 Å². The summed E-state index contributed by atoms with van der Waals surface area (Å²) in [7, 11) is 2.22. The standard InChI is InChI=1S/C10H22N2/c1-8(9(2)11)7-12(3)10-5-4-6-10/h8-10H,4-7,11H2,1-3H3. The molecule has 1 aliphatic rings. The fourth-order valence-electron chi connectivity index (χ4n) is 1.60. The number of nitrogens with zero attached hydrogens (tertiary/aromatic N) is 1. The van der Waals surface area contributed by atoms with Crippen molar-refractivity contribution in [2.45, 2.75) is 45.2 Å². The van der Waals surface area contributed by atoms with Crippen LogP contribution in [0.5, 0.6) is 0 Å². The van der Waals surface area contributed by atoms with Crippen LogP contribution in [0.2, 0.25) is 0 Å². The van der Waals surface area contributed by atoms with Crippen molar-refractivity contribution in [3.8, 4) is 0 Å². The van der Waals surface area contributed by atoms with E-state index in [2.05, 4.69) is 25.8 Å². The lowest BCUT2D eigenvalue weighted by molar-refractivity contribution is 0.136. The molecule has 2 nitrogen and oxygen atoms in total. The van der Waals surface area contributed by atoms with Crippen LogP contribution in [0.1, 0.15) is 33.1 Å². The molecule has 0 saturated heterocycles. The summed E-state index contributed by atoms with van der Waals surface area (Å²) in [5.74, 6) is 0.621. The quantitative estimate of drug-likeness (QED) is 0.692. The molecule has 0 heterocycles. The van der Waals surface area contributed by atoms with Crippen LogP contribution in [-0.2, 0) is 0 Å². The first kappa shape index (κ1) is 10.0.